The van der Waals surface area contributed by atoms with Crippen LogP contribution in [0.1, 0.15) is 0 Å². The highest BCUT2D eigenvalue weighted by Crippen LogP contribution is 2.24. The minimum atomic E-state index is 0.685. The van der Waals surface area contributed by atoms with Gasteiger partial charge in [-0.05, 0) is 12.1 Å². The quantitative estimate of drug-likeness (QED) is 0.741. The number of nitrogens with two attached hydrogens (primary N) is 1. The molecule has 88 valence electrons. The van der Waals surface area contributed by atoms with Crippen molar-refractivity contribution in [1.29, 1.82) is 0 Å². The lowest BCUT2D eigenvalue weighted by Gasteiger charge is -1.99. The normalized spacial score (nSPS) is 10.4. The van der Waals surface area contributed by atoms with Crippen LogP contribution < -0.4 is 5.73 Å². The number of rotatable bonds is 2. The van der Waals surface area contributed by atoms with E-state index < -0.39 is 0 Å². The molecule has 0 aliphatic rings. The third-order valence-electron chi connectivity index (χ3n) is 2.81. The zero-order valence-electron chi connectivity index (χ0n) is 9.82. The number of nitrogens with zero attached hydrogens (tertiary/aromatic N) is 2. The number of nitrogen functional groups attached to an aromatic ring is 1. The predicted octanol–water partition coefficient (Wildman–Crippen LogP) is 3.12. The van der Waals surface area contributed by atoms with E-state index in [1.165, 1.54) is 0 Å². The molecule has 0 saturated heterocycles. The number of para-hydroxylation sites is 1. The fraction of sp³-hybridized carbons (Fsp3) is 0. The van der Waals surface area contributed by atoms with Crippen molar-refractivity contribution in [2.45, 2.75) is 0 Å². The average Bonchev–Trinajstić information content (AvgIpc) is 2.83. The Kier molecular flexibility index (Phi) is 2.57. The van der Waals surface area contributed by atoms with Crippen LogP contribution in [-0.2, 0) is 0 Å². The fourth-order valence-electron chi connectivity index (χ4n) is 1.92. The molecule has 3 aromatic rings. The molecule has 1 heterocycles. The molecule has 18 heavy (non-hydrogen) atoms. The van der Waals surface area contributed by atoms with Gasteiger partial charge >= 0.3 is 0 Å². The summed E-state index contributed by atoms with van der Waals surface area (Å²) < 4.78 is 1.80. The molecule has 2 aromatic carbocycles. The molecule has 0 aliphatic heterocycles. The van der Waals surface area contributed by atoms with Crippen molar-refractivity contribution >= 4 is 5.69 Å². The first kappa shape index (κ1) is 10.6. The zero-order chi connectivity index (χ0) is 12.4. The molecular formula is C15H13N3. The summed E-state index contributed by atoms with van der Waals surface area (Å²) in [6, 6.07) is 19.9. The second kappa shape index (κ2) is 4.37. The summed E-state index contributed by atoms with van der Waals surface area (Å²) >= 11 is 0. The standard InChI is InChI=1S/C15H13N3/c16-14-11-18(13-9-5-2-6-10-13)17-15(14)12-7-3-1-4-8-12/h1-11H,16H2. The van der Waals surface area contributed by atoms with E-state index in [-0.39, 0.29) is 0 Å². The van der Waals surface area contributed by atoms with Gasteiger partial charge in [0.2, 0.25) is 0 Å². The molecule has 3 rings (SSSR count). The Morgan fingerprint density at radius 1 is 0.833 bits per heavy atom. The first-order valence-corrected chi connectivity index (χ1v) is 5.80. The fourth-order valence-corrected chi connectivity index (χ4v) is 1.92. The molecule has 0 radical (unpaired) electrons. The Balaban J connectivity index is 2.07. The largest absolute Gasteiger partial charge is 0.396 e. The highest BCUT2D eigenvalue weighted by atomic mass is 15.3. The van der Waals surface area contributed by atoms with Crippen LogP contribution in [0.25, 0.3) is 16.9 Å². The zero-order valence-corrected chi connectivity index (χ0v) is 9.82. The number of hydrogen-bond acceptors (Lipinski definition) is 2. The topological polar surface area (TPSA) is 43.8 Å². The van der Waals surface area contributed by atoms with Gasteiger partial charge in [-0.3, -0.25) is 0 Å². The van der Waals surface area contributed by atoms with Crippen LogP contribution in [0.5, 0.6) is 0 Å². The maximum Gasteiger partial charge on any atom is 0.116 e. The van der Waals surface area contributed by atoms with Crippen LogP contribution in [0, 0.1) is 0 Å². The van der Waals surface area contributed by atoms with Gasteiger partial charge in [0.05, 0.1) is 17.6 Å². The lowest BCUT2D eigenvalue weighted by atomic mass is 10.1. The van der Waals surface area contributed by atoms with Gasteiger partial charge in [0.25, 0.3) is 0 Å². The number of hydrogen-bond donors (Lipinski definition) is 1. The van der Waals surface area contributed by atoms with Gasteiger partial charge in [-0.2, -0.15) is 5.10 Å². The van der Waals surface area contributed by atoms with Crippen molar-refractivity contribution in [2.24, 2.45) is 0 Å². The van der Waals surface area contributed by atoms with Crippen LogP contribution in [0.4, 0.5) is 5.69 Å². The van der Waals surface area contributed by atoms with Crippen LogP contribution in [0.15, 0.2) is 66.9 Å². The van der Waals surface area contributed by atoms with E-state index in [9.17, 15) is 0 Å². The molecule has 0 amide bonds. The maximum absolute atomic E-state index is 6.03. The Morgan fingerprint density at radius 3 is 2.11 bits per heavy atom. The van der Waals surface area contributed by atoms with Crippen LogP contribution in [0.2, 0.25) is 0 Å². The number of anilines is 1. The summed E-state index contributed by atoms with van der Waals surface area (Å²) in [6.07, 6.45) is 1.84. The minimum absolute atomic E-state index is 0.685. The van der Waals surface area contributed by atoms with E-state index in [1.807, 2.05) is 66.9 Å². The van der Waals surface area contributed by atoms with Gasteiger partial charge in [0, 0.05) is 5.56 Å². The Hall–Kier alpha value is -2.55. The first-order valence-electron chi connectivity index (χ1n) is 5.80. The smallest absolute Gasteiger partial charge is 0.116 e. The molecule has 0 fully saturated rings. The molecule has 2 N–H and O–H groups in total. The van der Waals surface area contributed by atoms with Crippen molar-refractivity contribution in [1.82, 2.24) is 9.78 Å². The van der Waals surface area contributed by atoms with E-state index in [2.05, 4.69) is 5.10 Å². The van der Waals surface area contributed by atoms with Gasteiger partial charge in [-0.25, -0.2) is 4.68 Å². The van der Waals surface area contributed by atoms with Gasteiger partial charge in [-0.15, -0.1) is 0 Å². The molecule has 0 atom stereocenters. The summed E-state index contributed by atoms with van der Waals surface area (Å²) in [7, 11) is 0. The van der Waals surface area contributed by atoms with E-state index >= 15 is 0 Å². The highest BCUT2D eigenvalue weighted by Gasteiger charge is 2.08. The second-order valence-corrected chi connectivity index (χ2v) is 4.08. The van der Waals surface area contributed by atoms with E-state index in [0.29, 0.717) is 5.69 Å². The molecule has 3 nitrogen and oxygen atoms in total. The maximum atomic E-state index is 6.03. The van der Waals surface area contributed by atoms with Crippen molar-refractivity contribution < 1.29 is 0 Å². The summed E-state index contributed by atoms with van der Waals surface area (Å²) in [5.74, 6) is 0. The predicted molar refractivity (Wildman–Crippen MR) is 73.4 cm³/mol. The lowest BCUT2D eigenvalue weighted by molar-refractivity contribution is 0.884. The lowest BCUT2D eigenvalue weighted by Crippen LogP contribution is -1.93. The van der Waals surface area contributed by atoms with E-state index in [0.717, 1.165) is 16.9 Å². The van der Waals surface area contributed by atoms with Crippen molar-refractivity contribution in [3.05, 3.63) is 66.9 Å². The third-order valence-corrected chi connectivity index (χ3v) is 2.81. The van der Waals surface area contributed by atoms with Crippen LogP contribution in [0.3, 0.4) is 0 Å². The minimum Gasteiger partial charge on any atom is -0.396 e. The highest BCUT2D eigenvalue weighted by molar-refractivity contribution is 5.72. The van der Waals surface area contributed by atoms with Gasteiger partial charge in [0.1, 0.15) is 5.69 Å². The van der Waals surface area contributed by atoms with Crippen molar-refractivity contribution in [3.8, 4) is 16.9 Å². The first-order chi connectivity index (χ1) is 8.84. The molecule has 0 aliphatic carbocycles. The Morgan fingerprint density at radius 2 is 1.44 bits per heavy atom. The monoisotopic (exact) mass is 235 g/mol. The summed E-state index contributed by atoms with van der Waals surface area (Å²) in [6.45, 7) is 0. The summed E-state index contributed by atoms with van der Waals surface area (Å²) in [5.41, 5.74) is 9.57. The van der Waals surface area contributed by atoms with Crippen LogP contribution >= 0.6 is 0 Å². The third kappa shape index (κ3) is 1.86. The molecular weight excluding hydrogens is 222 g/mol. The summed E-state index contributed by atoms with van der Waals surface area (Å²) in [5, 5.41) is 4.54. The SMILES string of the molecule is Nc1cn(-c2ccccc2)nc1-c1ccccc1. The van der Waals surface area contributed by atoms with Gasteiger partial charge < -0.3 is 5.73 Å². The molecule has 0 saturated carbocycles. The Bertz CT molecular complexity index is 642. The van der Waals surface area contributed by atoms with Crippen molar-refractivity contribution in [3.63, 3.8) is 0 Å². The molecule has 0 unspecified atom stereocenters. The second-order valence-electron chi connectivity index (χ2n) is 4.08. The number of aromatic nitrogens is 2. The molecule has 0 bridgehead atoms. The Labute approximate surface area is 105 Å². The van der Waals surface area contributed by atoms with E-state index in [4.69, 9.17) is 5.73 Å². The molecule has 3 heteroatoms. The molecule has 1 aromatic heterocycles. The van der Waals surface area contributed by atoms with Gasteiger partial charge in [-0.1, -0.05) is 48.5 Å². The van der Waals surface area contributed by atoms with E-state index in [1.54, 1.807) is 4.68 Å². The van der Waals surface area contributed by atoms with Gasteiger partial charge in [0.15, 0.2) is 0 Å². The van der Waals surface area contributed by atoms with Crippen molar-refractivity contribution in [2.75, 3.05) is 5.73 Å². The molecule has 0 spiro atoms. The number of benzene rings is 2. The van der Waals surface area contributed by atoms with Crippen LogP contribution in [-0.4, -0.2) is 9.78 Å². The average molecular weight is 235 g/mol. The summed E-state index contributed by atoms with van der Waals surface area (Å²) in [4.78, 5) is 0.